The largest absolute Gasteiger partial charge is 0.494 e. The fraction of sp³-hybridized carbons (Fsp3) is 0.207. The molecule has 1 heterocycles. The van der Waals surface area contributed by atoms with Crippen LogP contribution >= 0.6 is 0 Å². The molecule has 0 aliphatic rings. The Morgan fingerprint density at radius 2 is 1.47 bits per heavy atom. The van der Waals surface area contributed by atoms with Crippen molar-refractivity contribution in [3.63, 3.8) is 0 Å². The normalized spacial score (nSPS) is 11.9. The summed E-state index contributed by atoms with van der Waals surface area (Å²) >= 11 is 0. The Morgan fingerprint density at radius 3 is 2.11 bits per heavy atom. The Kier molecular flexibility index (Phi) is 8.03. The van der Waals surface area contributed by atoms with Crippen molar-refractivity contribution in [2.75, 3.05) is 6.61 Å². The first kappa shape index (κ1) is 25.4. The van der Waals surface area contributed by atoms with E-state index in [1.165, 1.54) is 4.31 Å². The highest BCUT2D eigenvalue weighted by Gasteiger charge is 2.26. The van der Waals surface area contributed by atoms with Gasteiger partial charge in [0.1, 0.15) is 17.3 Å². The lowest BCUT2D eigenvalue weighted by molar-refractivity contribution is 0.340. The van der Waals surface area contributed by atoms with Crippen molar-refractivity contribution < 1.29 is 17.6 Å². The zero-order chi connectivity index (χ0) is 25.5. The second kappa shape index (κ2) is 11.4. The van der Waals surface area contributed by atoms with Gasteiger partial charge >= 0.3 is 0 Å². The van der Waals surface area contributed by atoms with Crippen LogP contribution in [0.25, 0.3) is 0 Å². The summed E-state index contributed by atoms with van der Waals surface area (Å²) in [5.74, 6) is 1.87. The maximum absolute atomic E-state index is 13.6. The van der Waals surface area contributed by atoms with E-state index in [0.717, 1.165) is 28.1 Å². The lowest BCUT2D eigenvalue weighted by Gasteiger charge is -2.21. The van der Waals surface area contributed by atoms with E-state index in [0.29, 0.717) is 18.1 Å². The summed E-state index contributed by atoms with van der Waals surface area (Å²) in [5, 5.41) is 0. The molecule has 4 aromatic rings. The van der Waals surface area contributed by atoms with Crippen molar-refractivity contribution in [1.29, 1.82) is 0 Å². The van der Waals surface area contributed by atoms with Crippen LogP contribution in [0, 0.1) is 13.8 Å². The summed E-state index contributed by atoms with van der Waals surface area (Å²) in [6, 6.07) is 25.8. The number of aryl methyl sites for hydroxylation is 2. The first-order chi connectivity index (χ1) is 17.3. The molecule has 3 aromatic carbocycles. The fourth-order valence-corrected chi connectivity index (χ4v) is 5.03. The van der Waals surface area contributed by atoms with E-state index < -0.39 is 10.0 Å². The van der Waals surface area contributed by atoms with Crippen LogP contribution in [-0.2, 0) is 23.1 Å². The number of hydrogen-bond donors (Lipinski definition) is 0. The van der Waals surface area contributed by atoms with Crippen molar-refractivity contribution in [2.45, 2.75) is 38.8 Å². The second-order valence-electron chi connectivity index (χ2n) is 8.56. The van der Waals surface area contributed by atoms with Gasteiger partial charge in [-0.05, 0) is 74.9 Å². The van der Waals surface area contributed by atoms with Crippen molar-refractivity contribution in [3.8, 4) is 5.75 Å². The number of hydrogen-bond acceptors (Lipinski definition) is 5. The third-order valence-electron chi connectivity index (χ3n) is 5.64. The molecule has 0 saturated heterocycles. The molecule has 7 heteroatoms. The zero-order valence-electron chi connectivity index (χ0n) is 20.7. The van der Waals surface area contributed by atoms with Crippen LogP contribution in [0.3, 0.4) is 0 Å². The third-order valence-corrected chi connectivity index (χ3v) is 7.45. The first-order valence-corrected chi connectivity index (χ1v) is 13.3. The summed E-state index contributed by atoms with van der Waals surface area (Å²) in [6.07, 6.45) is 1.62. The molecule has 0 amide bonds. The van der Waals surface area contributed by atoms with Gasteiger partial charge in [-0.2, -0.15) is 4.31 Å². The summed E-state index contributed by atoms with van der Waals surface area (Å²) in [7, 11) is -3.75. The Labute approximate surface area is 212 Å². The highest BCUT2D eigenvalue weighted by Crippen LogP contribution is 2.23. The Balaban J connectivity index is 1.54. The quantitative estimate of drug-likeness (QED) is 0.234. The molecule has 4 rings (SSSR count). The predicted molar refractivity (Wildman–Crippen MR) is 142 cm³/mol. The van der Waals surface area contributed by atoms with Gasteiger partial charge in [0.05, 0.1) is 29.9 Å². The van der Waals surface area contributed by atoms with E-state index in [-0.39, 0.29) is 18.0 Å². The molecule has 186 valence electrons. The highest BCUT2D eigenvalue weighted by molar-refractivity contribution is 7.89. The predicted octanol–water partition coefficient (Wildman–Crippen LogP) is 6.44. The molecule has 0 radical (unpaired) electrons. The van der Waals surface area contributed by atoms with Gasteiger partial charge in [-0.1, -0.05) is 47.5 Å². The van der Waals surface area contributed by atoms with Crippen LogP contribution in [0.4, 0.5) is 5.69 Å². The smallest absolute Gasteiger partial charge is 0.243 e. The zero-order valence-corrected chi connectivity index (χ0v) is 21.5. The van der Waals surface area contributed by atoms with Gasteiger partial charge in [0.25, 0.3) is 0 Å². The van der Waals surface area contributed by atoms with Crippen LogP contribution in [0.1, 0.15) is 35.1 Å². The number of ether oxygens (including phenoxy) is 1. The number of furan rings is 1. The molecule has 0 spiro atoms. The van der Waals surface area contributed by atoms with Gasteiger partial charge in [-0.15, -0.1) is 0 Å². The summed E-state index contributed by atoms with van der Waals surface area (Å²) in [5.41, 5.74) is 3.79. The van der Waals surface area contributed by atoms with E-state index in [2.05, 4.69) is 4.99 Å². The Hall–Kier alpha value is -3.68. The lowest BCUT2D eigenvalue weighted by atomic mass is 10.1. The van der Waals surface area contributed by atoms with Crippen LogP contribution in [0.2, 0.25) is 0 Å². The molecular formula is C29H30N2O4S. The van der Waals surface area contributed by atoms with E-state index >= 15 is 0 Å². The highest BCUT2D eigenvalue weighted by atomic mass is 32.2. The number of nitrogens with zero attached hydrogens (tertiary/aromatic N) is 2. The fourth-order valence-electron chi connectivity index (χ4n) is 3.64. The minimum Gasteiger partial charge on any atom is -0.494 e. The second-order valence-corrected chi connectivity index (χ2v) is 10.5. The maximum Gasteiger partial charge on any atom is 0.243 e. The SMILES string of the molecule is CCOc1ccc(N=Cc2ccc(CN(Cc3ccc(C)cc3)S(=O)(=O)c3ccc(C)cc3)o2)cc1. The number of aliphatic imine (C=N–C) groups is 1. The van der Waals surface area contributed by atoms with Gasteiger partial charge in [0, 0.05) is 6.54 Å². The first-order valence-electron chi connectivity index (χ1n) is 11.8. The van der Waals surface area contributed by atoms with E-state index in [9.17, 15) is 8.42 Å². The Bertz CT molecular complexity index is 1410. The molecular weight excluding hydrogens is 472 g/mol. The topological polar surface area (TPSA) is 72.1 Å². The molecule has 0 atom stereocenters. The minimum absolute atomic E-state index is 0.0982. The number of sulfonamides is 1. The average molecular weight is 503 g/mol. The minimum atomic E-state index is -3.75. The Morgan fingerprint density at radius 1 is 0.833 bits per heavy atom. The van der Waals surface area contributed by atoms with Crippen LogP contribution in [0.5, 0.6) is 5.75 Å². The number of rotatable bonds is 10. The van der Waals surface area contributed by atoms with Crippen LogP contribution < -0.4 is 4.74 Å². The van der Waals surface area contributed by atoms with Crippen molar-refractivity contribution >= 4 is 21.9 Å². The van der Waals surface area contributed by atoms with Crippen molar-refractivity contribution in [1.82, 2.24) is 4.31 Å². The molecule has 0 bridgehead atoms. The van der Waals surface area contributed by atoms with Gasteiger partial charge in [-0.25, -0.2) is 8.42 Å². The molecule has 0 N–H and O–H groups in total. The maximum atomic E-state index is 13.6. The van der Waals surface area contributed by atoms with Gasteiger partial charge in [0.15, 0.2) is 0 Å². The monoisotopic (exact) mass is 502 g/mol. The molecule has 0 aliphatic carbocycles. The molecule has 0 unspecified atom stereocenters. The third kappa shape index (κ3) is 6.50. The summed E-state index contributed by atoms with van der Waals surface area (Å²) in [4.78, 5) is 4.70. The average Bonchev–Trinajstić information content (AvgIpc) is 3.32. The molecule has 0 aliphatic heterocycles. The molecule has 6 nitrogen and oxygen atoms in total. The molecule has 1 aromatic heterocycles. The van der Waals surface area contributed by atoms with Crippen molar-refractivity contribution in [2.24, 2.45) is 4.99 Å². The van der Waals surface area contributed by atoms with Crippen LogP contribution in [0.15, 0.2) is 99.2 Å². The molecule has 0 fully saturated rings. The van der Waals surface area contributed by atoms with Gasteiger partial charge in [-0.3, -0.25) is 4.99 Å². The van der Waals surface area contributed by atoms with E-state index in [1.807, 2.05) is 69.3 Å². The van der Waals surface area contributed by atoms with Gasteiger partial charge in [0.2, 0.25) is 10.0 Å². The van der Waals surface area contributed by atoms with Gasteiger partial charge < -0.3 is 9.15 Å². The van der Waals surface area contributed by atoms with Crippen molar-refractivity contribution in [3.05, 3.63) is 113 Å². The standard InChI is InChI=1S/C29H30N2O4S/c1-4-34-26-13-11-25(12-14-26)30-19-27-15-16-28(35-27)21-31(20-24-9-5-22(2)6-10-24)36(32,33)29-17-7-23(3)8-18-29/h5-19H,4,20-21H2,1-3H3. The molecule has 0 saturated carbocycles. The lowest BCUT2D eigenvalue weighted by Crippen LogP contribution is -2.30. The van der Waals surface area contributed by atoms with Crippen LogP contribution in [-0.4, -0.2) is 25.5 Å². The molecule has 36 heavy (non-hydrogen) atoms. The summed E-state index contributed by atoms with van der Waals surface area (Å²) < 4.78 is 39.9. The van der Waals surface area contributed by atoms with E-state index in [4.69, 9.17) is 9.15 Å². The number of benzene rings is 3. The summed E-state index contributed by atoms with van der Waals surface area (Å²) in [6.45, 7) is 6.81. The van der Waals surface area contributed by atoms with E-state index in [1.54, 1.807) is 42.6 Å².